The number of carbonyl (C=O) groups excluding carboxylic acids is 1. The van der Waals surface area contributed by atoms with Crippen LogP contribution in [-0.2, 0) is 10.0 Å². The molecule has 0 spiro atoms. The van der Waals surface area contributed by atoms with Crippen LogP contribution >= 0.6 is 11.6 Å². The van der Waals surface area contributed by atoms with E-state index < -0.39 is 39.2 Å². The highest BCUT2D eigenvalue weighted by Gasteiger charge is 2.62. The Morgan fingerprint density at radius 3 is 2.52 bits per heavy atom. The van der Waals surface area contributed by atoms with E-state index in [4.69, 9.17) is 21.1 Å². The van der Waals surface area contributed by atoms with Crippen molar-refractivity contribution in [1.29, 1.82) is 0 Å². The Morgan fingerprint density at radius 2 is 1.88 bits per heavy atom. The summed E-state index contributed by atoms with van der Waals surface area (Å²) in [5.74, 6) is -0.312. The number of nitrogens with zero attached hydrogens (tertiary/aromatic N) is 4. The highest BCUT2D eigenvalue weighted by Crippen LogP contribution is 2.59. The maximum absolute atomic E-state index is 13.1. The molecule has 2 N–H and O–H groups in total. The number of benzene rings is 1. The Kier molecular flexibility index (Phi) is 9.88. The van der Waals surface area contributed by atoms with Crippen molar-refractivity contribution in [3.05, 3.63) is 59.4 Å². The van der Waals surface area contributed by atoms with Gasteiger partial charge in [-0.2, -0.15) is 13.2 Å². The predicted molar refractivity (Wildman–Crippen MR) is 167 cm³/mol. The third-order valence-corrected chi connectivity index (χ3v) is 10.3. The largest absolute Gasteiger partial charge is 0.494 e. The lowest BCUT2D eigenvalue weighted by molar-refractivity contribution is -0.190. The number of carbonyl (C=O) groups is 2. The molecule has 0 radical (unpaired) electrons. The normalized spacial score (nSPS) is 18.4. The number of alkyl halides is 3. The number of ether oxygens (including phenoxy) is 2. The van der Waals surface area contributed by atoms with Crippen molar-refractivity contribution in [2.75, 3.05) is 19.8 Å². The zero-order valence-electron chi connectivity index (χ0n) is 26.2. The van der Waals surface area contributed by atoms with E-state index in [1.54, 1.807) is 6.07 Å². The molecule has 5 rings (SSSR count). The lowest BCUT2D eigenvalue weighted by Gasteiger charge is -2.28. The van der Waals surface area contributed by atoms with Gasteiger partial charge in [-0.3, -0.25) is 4.79 Å². The van der Waals surface area contributed by atoms with Gasteiger partial charge in [-0.25, -0.2) is 27.6 Å². The zero-order chi connectivity index (χ0) is 34.9. The summed E-state index contributed by atoms with van der Waals surface area (Å²) in [5.41, 5.74) is -2.34. The minimum Gasteiger partial charge on any atom is -0.494 e. The van der Waals surface area contributed by atoms with Gasteiger partial charge in [-0.1, -0.05) is 17.7 Å². The fourth-order valence-corrected chi connectivity index (χ4v) is 7.09. The summed E-state index contributed by atoms with van der Waals surface area (Å²) in [5, 5.41) is 13.2. The predicted octanol–water partition coefficient (Wildman–Crippen LogP) is 6.09. The molecule has 17 heteroatoms. The molecule has 12 nitrogen and oxygen atoms in total. The Hall–Kier alpha value is -4.05. The summed E-state index contributed by atoms with van der Waals surface area (Å²) in [7, 11) is -4.33. The second-order valence-corrected chi connectivity index (χ2v) is 14.7. The molecule has 1 aliphatic carbocycles. The van der Waals surface area contributed by atoms with Crippen molar-refractivity contribution in [1.82, 2.24) is 24.4 Å². The van der Waals surface area contributed by atoms with Crippen molar-refractivity contribution in [2.45, 2.75) is 69.0 Å². The van der Waals surface area contributed by atoms with Gasteiger partial charge in [0.25, 0.3) is 15.9 Å². The van der Waals surface area contributed by atoms with Gasteiger partial charge in [-0.05, 0) is 82.6 Å². The first-order valence-corrected chi connectivity index (χ1v) is 17.1. The first-order valence-electron chi connectivity index (χ1n) is 15.2. The van der Waals surface area contributed by atoms with Gasteiger partial charge in [0.2, 0.25) is 5.88 Å². The average molecular weight is 714 g/mol. The Labute approximate surface area is 280 Å². The highest BCUT2D eigenvalue weighted by molar-refractivity contribution is 7.90. The molecule has 1 saturated heterocycles. The van der Waals surface area contributed by atoms with Gasteiger partial charge in [0, 0.05) is 30.4 Å². The van der Waals surface area contributed by atoms with Crippen molar-refractivity contribution in [2.24, 2.45) is 11.3 Å². The van der Waals surface area contributed by atoms with Crippen LogP contribution < -0.4 is 14.2 Å². The van der Waals surface area contributed by atoms with E-state index >= 15 is 0 Å². The van der Waals surface area contributed by atoms with Gasteiger partial charge in [0.05, 0.1) is 29.1 Å². The first kappa shape index (κ1) is 35.3. The van der Waals surface area contributed by atoms with Gasteiger partial charge in [-0.15, -0.1) is 5.10 Å². The Bertz CT molecular complexity index is 1780. The van der Waals surface area contributed by atoms with Gasteiger partial charge in [0.1, 0.15) is 10.9 Å². The quantitative estimate of drug-likeness (QED) is 0.158. The monoisotopic (exact) mass is 713 g/mol. The number of carboxylic acid groups (broad SMARTS) is 1. The smallest absolute Gasteiger partial charge is 0.407 e. The number of aromatic nitrogens is 3. The number of rotatable bonds is 13. The van der Waals surface area contributed by atoms with Gasteiger partial charge < -0.3 is 19.5 Å². The van der Waals surface area contributed by atoms with Crippen molar-refractivity contribution in [3.8, 4) is 17.4 Å². The summed E-state index contributed by atoms with van der Waals surface area (Å²) in [6, 6.07) is 9.73. The van der Waals surface area contributed by atoms with Crippen LogP contribution in [0.2, 0.25) is 5.15 Å². The van der Waals surface area contributed by atoms with Crippen molar-refractivity contribution >= 4 is 33.6 Å². The van der Waals surface area contributed by atoms with E-state index in [-0.39, 0.29) is 71.5 Å². The Balaban J connectivity index is 1.13. The van der Waals surface area contributed by atoms with E-state index in [2.05, 4.69) is 10.1 Å². The molecule has 3 aromatic rings. The fraction of sp³-hybridized carbons (Fsp3) is 0.484. The molecule has 0 bridgehead atoms. The summed E-state index contributed by atoms with van der Waals surface area (Å²) in [6.45, 7) is 4.37. The molecule has 2 fully saturated rings. The molecule has 2 aromatic heterocycles. The van der Waals surface area contributed by atoms with Gasteiger partial charge in [0.15, 0.2) is 5.82 Å². The molecule has 1 aromatic carbocycles. The summed E-state index contributed by atoms with van der Waals surface area (Å²) in [4.78, 5) is 29.7. The molecule has 1 aliphatic heterocycles. The lowest BCUT2D eigenvalue weighted by Crippen LogP contribution is -2.41. The van der Waals surface area contributed by atoms with E-state index in [0.717, 1.165) is 12.8 Å². The second kappa shape index (κ2) is 13.5. The van der Waals surface area contributed by atoms with Crippen LogP contribution in [0.3, 0.4) is 0 Å². The molecule has 48 heavy (non-hydrogen) atoms. The fourth-order valence-electron chi connectivity index (χ4n) is 5.86. The number of amides is 2. The van der Waals surface area contributed by atoms with E-state index in [9.17, 15) is 36.3 Å². The van der Waals surface area contributed by atoms with Crippen molar-refractivity contribution in [3.63, 3.8) is 0 Å². The van der Waals surface area contributed by atoms with Crippen LogP contribution in [0.5, 0.6) is 11.6 Å². The van der Waals surface area contributed by atoms with E-state index in [1.807, 2.05) is 18.6 Å². The summed E-state index contributed by atoms with van der Waals surface area (Å²) >= 11 is 6.22. The molecule has 2 amide bonds. The Morgan fingerprint density at radius 1 is 1.12 bits per heavy atom. The number of likely N-dealkylation sites (tertiary alicyclic amines) is 1. The highest BCUT2D eigenvalue weighted by atomic mass is 35.5. The third kappa shape index (κ3) is 7.97. The molecular weight excluding hydrogens is 679 g/mol. The molecule has 260 valence electrons. The van der Waals surface area contributed by atoms with Crippen LogP contribution in [0, 0.1) is 11.3 Å². The molecule has 0 unspecified atom stereocenters. The van der Waals surface area contributed by atoms with Crippen LogP contribution in [-0.4, -0.2) is 76.7 Å². The molecule has 1 atom stereocenters. The molecule has 2 aliphatic rings. The number of hydrogen-bond acceptors (Lipinski definition) is 8. The van der Waals surface area contributed by atoms with Crippen LogP contribution in [0.15, 0.2) is 53.6 Å². The van der Waals surface area contributed by atoms with Crippen molar-refractivity contribution < 1.29 is 45.8 Å². The number of sulfonamides is 1. The number of hydrogen-bond donors (Lipinski definition) is 2. The molecular formula is C31H35ClF3N5O7S. The minimum atomic E-state index is -4.33. The average Bonchev–Trinajstić information content (AvgIpc) is 3.55. The SMILES string of the molecule is CC1(C)C[C@H](CCCOc2cccc(S(=O)(=O)NC(=O)c3ccc(-n4ccc(OCCC5(C(F)(F)F)CC5)n4)nc3Cl)c2)CN1C(=O)O. The number of pyridine rings is 1. The molecule has 1 saturated carbocycles. The second-order valence-electron chi connectivity index (χ2n) is 12.7. The maximum atomic E-state index is 13.1. The van der Waals surface area contributed by atoms with Crippen LogP contribution in [0.1, 0.15) is 62.7 Å². The summed E-state index contributed by atoms with van der Waals surface area (Å²) in [6.07, 6.45) is -1.65. The molecule has 3 heterocycles. The number of halogens is 4. The van der Waals surface area contributed by atoms with E-state index in [1.165, 1.54) is 52.2 Å². The summed E-state index contributed by atoms with van der Waals surface area (Å²) < 4.78 is 79.8. The van der Waals surface area contributed by atoms with E-state index in [0.29, 0.717) is 13.0 Å². The number of nitrogens with one attached hydrogen (secondary N) is 1. The third-order valence-electron chi connectivity index (χ3n) is 8.72. The topological polar surface area (TPSA) is 153 Å². The van der Waals surface area contributed by atoms with Gasteiger partial charge >= 0.3 is 12.3 Å². The zero-order valence-corrected chi connectivity index (χ0v) is 27.7. The maximum Gasteiger partial charge on any atom is 0.407 e. The lowest BCUT2D eigenvalue weighted by atomic mass is 9.93. The standard InChI is InChI=1S/C31H35ClF3N5O7S/c1-29(2)18-20(19-39(29)28(42)43)5-4-15-46-21-6-3-7-22(17-21)48(44,45)38-27(41)23-8-9-24(36-26(23)32)40-14-10-25(37-40)47-16-13-30(11-12-30)31(33,34)35/h3,6-10,14,17,20H,4-5,11-13,15-16,18-19H2,1-2H3,(H,38,41)(H,42,43)/t20-/m0/s1. The minimum absolute atomic E-state index is 0.0787. The van der Waals surface area contributed by atoms with Crippen LogP contribution in [0.25, 0.3) is 5.82 Å². The van der Waals surface area contributed by atoms with Crippen LogP contribution in [0.4, 0.5) is 18.0 Å². The first-order chi connectivity index (χ1) is 22.5.